The number of hydrogen-bond donors (Lipinski definition) is 1. The van der Waals surface area contributed by atoms with Crippen molar-refractivity contribution in [3.8, 4) is 0 Å². The maximum absolute atomic E-state index is 11.3. The molecule has 5 nitrogen and oxygen atoms in total. The van der Waals surface area contributed by atoms with E-state index in [0.717, 1.165) is 5.69 Å². The summed E-state index contributed by atoms with van der Waals surface area (Å²) in [7, 11) is 1.30. The van der Waals surface area contributed by atoms with Crippen LogP contribution in [0.3, 0.4) is 0 Å². The van der Waals surface area contributed by atoms with Crippen molar-refractivity contribution in [2.24, 2.45) is 0 Å². The molecule has 0 radical (unpaired) electrons. The number of hydrogen-bond acceptors (Lipinski definition) is 5. The topological polar surface area (TPSA) is 64.1 Å². The second-order valence-corrected chi connectivity index (χ2v) is 3.83. The van der Waals surface area contributed by atoms with Crippen molar-refractivity contribution in [2.45, 2.75) is 0 Å². The Bertz CT molecular complexity index is 558. The summed E-state index contributed by atoms with van der Waals surface area (Å²) in [6.07, 6.45) is 1.48. The van der Waals surface area contributed by atoms with E-state index in [4.69, 9.17) is 11.6 Å². The molecule has 0 amide bonds. The zero-order valence-electron chi connectivity index (χ0n) is 9.55. The van der Waals surface area contributed by atoms with Crippen molar-refractivity contribution < 1.29 is 9.53 Å². The van der Waals surface area contributed by atoms with Gasteiger partial charge in [0, 0.05) is 16.9 Å². The Kier molecular flexibility index (Phi) is 3.74. The van der Waals surface area contributed by atoms with Gasteiger partial charge in [0.15, 0.2) is 5.69 Å². The summed E-state index contributed by atoms with van der Waals surface area (Å²) in [5.41, 5.74) is 0.977. The van der Waals surface area contributed by atoms with Crippen LogP contribution in [0, 0.1) is 0 Å². The number of carbonyl (C=O) groups excluding carboxylic acids is 1. The van der Waals surface area contributed by atoms with Crippen molar-refractivity contribution in [3.63, 3.8) is 0 Å². The number of nitrogens with zero attached hydrogens (tertiary/aromatic N) is 2. The molecule has 0 saturated heterocycles. The molecule has 0 spiro atoms. The minimum absolute atomic E-state index is 0.198. The number of esters is 1. The van der Waals surface area contributed by atoms with Crippen LogP contribution in [0.25, 0.3) is 0 Å². The maximum atomic E-state index is 11.3. The molecule has 92 valence electrons. The second-order valence-electron chi connectivity index (χ2n) is 3.39. The molecule has 18 heavy (non-hydrogen) atoms. The van der Waals surface area contributed by atoms with E-state index in [0.29, 0.717) is 11.0 Å². The fourth-order valence-electron chi connectivity index (χ4n) is 1.30. The fraction of sp³-hybridized carbons (Fsp3) is 0.0833. The van der Waals surface area contributed by atoms with Crippen LogP contribution < -0.4 is 5.32 Å². The van der Waals surface area contributed by atoms with Gasteiger partial charge in [-0.15, -0.1) is 0 Å². The zero-order chi connectivity index (χ0) is 13.0. The fourth-order valence-corrected chi connectivity index (χ4v) is 1.43. The van der Waals surface area contributed by atoms with Gasteiger partial charge in [-0.2, -0.15) is 0 Å². The first-order valence-electron chi connectivity index (χ1n) is 5.13. The molecule has 1 aromatic carbocycles. The Balaban J connectivity index is 2.19. The standard InChI is InChI=1S/C12H10ClN3O2/c1-18-11(17)10-6-7-14-12(16-10)15-9-4-2-8(13)3-5-9/h2-7H,1H3,(H,14,15,16). The Hall–Kier alpha value is -2.14. The Labute approximate surface area is 109 Å². The van der Waals surface area contributed by atoms with Gasteiger partial charge in [0.1, 0.15) is 0 Å². The van der Waals surface area contributed by atoms with Gasteiger partial charge < -0.3 is 10.1 Å². The van der Waals surface area contributed by atoms with E-state index in [1.165, 1.54) is 19.4 Å². The summed E-state index contributed by atoms with van der Waals surface area (Å²) in [5.74, 6) is -0.184. The molecule has 0 aliphatic rings. The second kappa shape index (κ2) is 5.46. The highest BCUT2D eigenvalue weighted by Crippen LogP contribution is 2.16. The van der Waals surface area contributed by atoms with Crippen LogP contribution >= 0.6 is 11.6 Å². The third kappa shape index (κ3) is 2.95. The third-order valence-electron chi connectivity index (χ3n) is 2.15. The van der Waals surface area contributed by atoms with Crippen LogP contribution in [-0.2, 0) is 4.74 Å². The summed E-state index contributed by atoms with van der Waals surface area (Å²) >= 11 is 5.78. The number of nitrogens with one attached hydrogen (secondary N) is 1. The number of aromatic nitrogens is 2. The zero-order valence-corrected chi connectivity index (χ0v) is 10.3. The Morgan fingerprint density at radius 1 is 1.28 bits per heavy atom. The monoisotopic (exact) mass is 263 g/mol. The van der Waals surface area contributed by atoms with Crippen molar-refractivity contribution in [2.75, 3.05) is 12.4 Å². The van der Waals surface area contributed by atoms with Crippen molar-refractivity contribution in [3.05, 3.63) is 47.2 Å². The van der Waals surface area contributed by atoms with Gasteiger partial charge in [0.05, 0.1) is 7.11 Å². The molecule has 2 rings (SSSR count). The van der Waals surface area contributed by atoms with Crippen molar-refractivity contribution in [1.82, 2.24) is 9.97 Å². The molecular formula is C12H10ClN3O2. The van der Waals surface area contributed by atoms with E-state index in [9.17, 15) is 4.79 Å². The van der Waals surface area contributed by atoms with Crippen LogP contribution in [0.15, 0.2) is 36.5 Å². The molecular weight excluding hydrogens is 254 g/mol. The molecule has 0 unspecified atom stereocenters. The quantitative estimate of drug-likeness (QED) is 0.863. The molecule has 0 aliphatic carbocycles. The number of rotatable bonds is 3. The molecule has 1 heterocycles. The van der Waals surface area contributed by atoms with Crippen LogP contribution in [-0.4, -0.2) is 23.0 Å². The largest absolute Gasteiger partial charge is 0.464 e. The summed E-state index contributed by atoms with van der Waals surface area (Å²) in [4.78, 5) is 19.3. The highest BCUT2D eigenvalue weighted by molar-refractivity contribution is 6.30. The molecule has 2 aromatic rings. The minimum Gasteiger partial charge on any atom is -0.464 e. The normalized spacial score (nSPS) is 9.89. The summed E-state index contributed by atoms with van der Waals surface area (Å²) in [6, 6.07) is 8.55. The molecule has 0 bridgehead atoms. The molecule has 0 aliphatic heterocycles. The average molecular weight is 264 g/mol. The SMILES string of the molecule is COC(=O)c1ccnc(Nc2ccc(Cl)cc2)n1. The molecule has 0 fully saturated rings. The van der Waals surface area contributed by atoms with Crippen molar-refractivity contribution >= 4 is 29.2 Å². The molecule has 6 heteroatoms. The van der Waals surface area contributed by atoms with Crippen LogP contribution in [0.5, 0.6) is 0 Å². The minimum atomic E-state index is -0.503. The van der Waals surface area contributed by atoms with Crippen LogP contribution in [0.2, 0.25) is 5.02 Å². The number of anilines is 2. The summed E-state index contributed by atoms with van der Waals surface area (Å²) in [6.45, 7) is 0. The van der Waals surface area contributed by atoms with E-state index >= 15 is 0 Å². The average Bonchev–Trinajstić information content (AvgIpc) is 2.41. The first-order chi connectivity index (χ1) is 8.69. The predicted octanol–water partition coefficient (Wildman–Crippen LogP) is 2.66. The molecule has 1 aromatic heterocycles. The highest BCUT2D eigenvalue weighted by Gasteiger charge is 2.08. The van der Waals surface area contributed by atoms with E-state index < -0.39 is 5.97 Å². The highest BCUT2D eigenvalue weighted by atomic mass is 35.5. The first kappa shape index (κ1) is 12.3. The Morgan fingerprint density at radius 2 is 2.00 bits per heavy atom. The van der Waals surface area contributed by atoms with Crippen LogP contribution in [0.1, 0.15) is 10.5 Å². The van der Waals surface area contributed by atoms with Gasteiger partial charge in [-0.25, -0.2) is 14.8 Å². The number of halogens is 1. The van der Waals surface area contributed by atoms with Gasteiger partial charge in [0.2, 0.25) is 5.95 Å². The van der Waals surface area contributed by atoms with E-state index in [1.807, 2.05) is 0 Å². The molecule has 0 saturated carbocycles. The summed E-state index contributed by atoms with van der Waals surface area (Å²) < 4.78 is 4.58. The number of benzene rings is 1. The first-order valence-corrected chi connectivity index (χ1v) is 5.51. The summed E-state index contributed by atoms with van der Waals surface area (Å²) in [5, 5.41) is 3.61. The van der Waals surface area contributed by atoms with Gasteiger partial charge in [-0.05, 0) is 30.3 Å². The molecule has 0 atom stereocenters. The lowest BCUT2D eigenvalue weighted by Gasteiger charge is -2.05. The van der Waals surface area contributed by atoms with Gasteiger partial charge in [-0.3, -0.25) is 0 Å². The third-order valence-corrected chi connectivity index (χ3v) is 2.40. The van der Waals surface area contributed by atoms with Gasteiger partial charge in [0.25, 0.3) is 0 Å². The Morgan fingerprint density at radius 3 is 2.67 bits per heavy atom. The number of carbonyl (C=O) groups is 1. The van der Waals surface area contributed by atoms with Crippen LogP contribution in [0.4, 0.5) is 11.6 Å². The lowest BCUT2D eigenvalue weighted by molar-refractivity contribution is 0.0594. The van der Waals surface area contributed by atoms with E-state index in [2.05, 4.69) is 20.0 Å². The van der Waals surface area contributed by atoms with Gasteiger partial charge in [-0.1, -0.05) is 11.6 Å². The van der Waals surface area contributed by atoms with Gasteiger partial charge >= 0.3 is 5.97 Å². The van der Waals surface area contributed by atoms with Crippen molar-refractivity contribution in [1.29, 1.82) is 0 Å². The predicted molar refractivity (Wildman–Crippen MR) is 68.1 cm³/mol. The lowest BCUT2D eigenvalue weighted by Crippen LogP contribution is -2.07. The molecule has 1 N–H and O–H groups in total. The number of ether oxygens (including phenoxy) is 1. The smallest absolute Gasteiger partial charge is 0.356 e. The van der Waals surface area contributed by atoms with E-state index in [1.54, 1.807) is 24.3 Å². The lowest BCUT2D eigenvalue weighted by atomic mass is 10.3. The maximum Gasteiger partial charge on any atom is 0.356 e. The van der Waals surface area contributed by atoms with E-state index in [-0.39, 0.29) is 5.69 Å². The number of methoxy groups -OCH3 is 1.